The molecule has 0 spiro atoms. The van der Waals surface area contributed by atoms with E-state index in [-0.39, 0.29) is 36.0 Å². The molecule has 2 N–H and O–H groups in total. The van der Waals surface area contributed by atoms with Crippen molar-refractivity contribution in [1.29, 1.82) is 0 Å². The Labute approximate surface area is 274 Å². The smallest absolute Gasteiger partial charge is 0.411 e. The summed E-state index contributed by atoms with van der Waals surface area (Å²) in [5.41, 5.74) is 4.58. The van der Waals surface area contributed by atoms with E-state index in [2.05, 4.69) is 24.7 Å². The first-order valence-electron chi connectivity index (χ1n) is 14.8. The van der Waals surface area contributed by atoms with Gasteiger partial charge in [0, 0.05) is 36.6 Å². The number of benzene rings is 3. The molecule has 0 aromatic heterocycles. The van der Waals surface area contributed by atoms with Gasteiger partial charge in [-0.2, -0.15) is 0 Å². The predicted octanol–water partition coefficient (Wildman–Crippen LogP) is 2.45. The number of nitrogens with one attached hydrogen (secondary N) is 2. The van der Waals surface area contributed by atoms with Gasteiger partial charge in [-0.3, -0.25) is 14.9 Å². The number of morpholine rings is 1. The molecule has 2 bridgehead atoms. The molecule has 6 rings (SSSR count). The summed E-state index contributed by atoms with van der Waals surface area (Å²) in [6, 6.07) is 21.6. The van der Waals surface area contributed by atoms with Crippen LogP contribution in [0.2, 0.25) is 0 Å². The summed E-state index contributed by atoms with van der Waals surface area (Å²) in [5, 5.41) is 5.89. The van der Waals surface area contributed by atoms with Crippen molar-refractivity contribution in [2.75, 3.05) is 31.8 Å². The van der Waals surface area contributed by atoms with E-state index in [0.717, 1.165) is 34.0 Å². The molecule has 0 saturated carbocycles. The molecule has 3 aromatic rings. The number of carbonyl (C=O) groups excluding carboxylic acids is 3. The third kappa shape index (κ3) is 6.62. The van der Waals surface area contributed by atoms with Gasteiger partial charge in [0.15, 0.2) is 6.29 Å². The van der Waals surface area contributed by atoms with Crippen molar-refractivity contribution in [3.05, 3.63) is 77.9 Å². The maximum atomic E-state index is 13.2. The molecule has 9 nitrogen and oxygen atoms in total. The fourth-order valence-corrected chi connectivity index (χ4v) is 6.87. The van der Waals surface area contributed by atoms with E-state index in [9.17, 15) is 14.4 Å². The van der Waals surface area contributed by atoms with Gasteiger partial charge in [0.05, 0.1) is 32.5 Å². The predicted molar refractivity (Wildman–Crippen MR) is 163 cm³/mol. The Morgan fingerprint density at radius 2 is 1.70 bits per heavy atom. The van der Waals surface area contributed by atoms with E-state index >= 15 is 0 Å². The maximum Gasteiger partial charge on any atom is 0.411 e. The van der Waals surface area contributed by atoms with Crippen LogP contribution in [0.4, 0.5) is 16.2 Å². The second-order valence-corrected chi connectivity index (χ2v) is 12.2. The summed E-state index contributed by atoms with van der Waals surface area (Å²) in [7, 11) is 5.99. The minimum absolute atomic E-state index is 0. The molecule has 10 heteroatoms. The molecule has 3 aliphatic rings. The first kappa shape index (κ1) is 31.9. The highest BCUT2D eigenvalue weighted by Crippen LogP contribution is 2.51. The number of fused-ring (bicyclic) bond motifs is 5. The van der Waals surface area contributed by atoms with Gasteiger partial charge in [0.2, 0.25) is 5.91 Å². The summed E-state index contributed by atoms with van der Waals surface area (Å²) in [4.78, 5) is 36.9. The third-order valence-electron chi connectivity index (χ3n) is 9.23. The summed E-state index contributed by atoms with van der Waals surface area (Å²) in [5.74, 6) is 0.282. The summed E-state index contributed by atoms with van der Waals surface area (Å²) in [6.45, 7) is 0. The average Bonchev–Trinajstić information content (AvgIpc) is 3.76. The Hall–Kier alpha value is -3.48. The molecule has 232 valence electrons. The number of carbonyl (C=O) groups is 3. The topological polar surface area (TPSA) is 106 Å². The lowest BCUT2D eigenvalue weighted by molar-refractivity contribution is -0.938. The molecule has 3 heterocycles. The van der Waals surface area contributed by atoms with Crippen LogP contribution in [0.1, 0.15) is 41.6 Å². The number of methoxy groups -OCH3 is 1. The number of likely N-dealkylation sites (N-methyl/N-ethyl adjacent to an activating group) is 1. The van der Waals surface area contributed by atoms with Gasteiger partial charge in [-0.15, -0.1) is 0 Å². The van der Waals surface area contributed by atoms with E-state index < -0.39 is 6.09 Å². The first-order chi connectivity index (χ1) is 20.8. The van der Waals surface area contributed by atoms with Crippen LogP contribution in [0.15, 0.2) is 66.7 Å². The number of anilines is 2. The van der Waals surface area contributed by atoms with Crippen LogP contribution in [0.25, 0.3) is 11.1 Å². The summed E-state index contributed by atoms with van der Waals surface area (Å²) >= 11 is 0. The van der Waals surface area contributed by atoms with Gasteiger partial charge in [0.25, 0.3) is 0 Å². The molecule has 0 aliphatic carbocycles. The van der Waals surface area contributed by atoms with Gasteiger partial charge in [-0.05, 0) is 42.2 Å². The Bertz CT molecular complexity index is 1510. The summed E-state index contributed by atoms with van der Waals surface area (Å²) < 4.78 is 18.0. The molecule has 1 unspecified atom stereocenters. The summed E-state index contributed by atoms with van der Waals surface area (Å²) in [6.07, 6.45) is 3.93. The van der Waals surface area contributed by atoms with Crippen LogP contribution < -0.4 is 39.3 Å². The van der Waals surface area contributed by atoms with Gasteiger partial charge < -0.3 is 48.0 Å². The lowest BCUT2D eigenvalue weighted by atomic mass is 9.96. The largest absolute Gasteiger partial charge is 1.00 e. The highest BCUT2D eigenvalue weighted by molar-refractivity contribution is 5.93. The van der Waals surface area contributed by atoms with Crippen LogP contribution >= 0.6 is 0 Å². The Kier molecular flexibility index (Phi) is 9.62. The number of rotatable bonds is 10. The SMILES string of the molecule is COc1cc(NC(=O)CCCc2ccc(-c3ccccc3)c(NC(=O)OC3C[C@@H]4[C@H]5O[C@H]5[C@H](C3)[N+]4(C)C)c2)ccc1C=O.[I-]. The van der Waals surface area contributed by atoms with E-state index in [1.54, 1.807) is 18.2 Å². The zero-order valence-electron chi connectivity index (χ0n) is 25.1. The molecule has 3 aliphatic heterocycles. The maximum absolute atomic E-state index is 13.2. The van der Waals surface area contributed by atoms with Crippen LogP contribution in [0.5, 0.6) is 5.75 Å². The lowest BCUT2D eigenvalue weighted by Crippen LogP contribution is -3.00. The highest BCUT2D eigenvalue weighted by Gasteiger charge is 2.70. The minimum atomic E-state index is -0.448. The van der Waals surface area contributed by atoms with E-state index in [1.165, 1.54) is 7.11 Å². The molecular formula is C34H38IN3O6. The molecular weight excluding hydrogens is 673 g/mol. The van der Waals surface area contributed by atoms with Crippen molar-refractivity contribution in [3.8, 4) is 16.9 Å². The molecule has 2 amide bonds. The number of ether oxygens (including phenoxy) is 3. The number of epoxide rings is 1. The average molecular weight is 712 g/mol. The Morgan fingerprint density at radius 3 is 2.39 bits per heavy atom. The normalized spacial score (nSPS) is 23.8. The van der Waals surface area contributed by atoms with Crippen LogP contribution in [-0.2, 0) is 20.7 Å². The van der Waals surface area contributed by atoms with E-state index in [0.29, 0.717) is 72.5 Å². The first-order valence-corrected chi connectivity index (χ1v) is 14.8. The lowest BCUT2D eigenvalue weighted by Gasteiger charge is -2.45. The number of quaternary nitrogens is 1. The number of piperidine rings is 1. The van der Waals surface area contributed by atoms with Gasteiger partial charge in [0.1, 0.15) is 36.1 Å². The number of aryl methyl sites for hydroxylation is 1. The number of hydrogen-bond donors (Lipinski definition) is 2. The highest BCUT2D eigenvalue weighted by atomic mass is 127. The fraction of sp³-hybridized carbons (Fsp3) is 0.382. The number of aldehydes is 1. The van der Waals surface area contributed by atoms with Gasteiger partial charge >= 0.3 is 6.09 Å². The monoisotopic (exact) mass is 711 g/mol. The molecule has 0 radical (unpaired) electrons. The molecule has 3 saturated heterocycles. The van der Waals surface area contributed by atoms with Gasteiger partial charge in [-0.1, -0.05) is 42.5 Å². The fourth-order valence-electron chi connectivity index (χ4n) is 6.87. The molecule has 3 aromatic carbocycles. The van der Waals surface area contributed by atoms with Crippen molar-refractivity contribution in [2.45, 2.75) is 62.5 Å². The zero-order valence-corrected chi connectivity index (χ0v) is 27.3. The third-order valence-corrected chi connectivity index (χ3v) is 9.23. The van der Waals surface area contributed by atoms with Crippen molar-refractivity contribution in [2.24, 2.45) is 0 Å². The van der Waals surface area contributed by atoms with Crippen molar-refractivity contribution < 1.29 is 57.1 Å². The van der Waals surface area contributed by atoms with Crippen molar-refractivity contribution >= 4 is 29.7 Å². The number of halogens is 1. The van der Waals surface area contributed by atoms with Crippen molar-refractivity contribution in [1.82, 2.24) is 0 Å². The standard InChI is InChI=1S/C34H37N3O6.HI/c1-37(2)28-18-25(19-29(37)33-32(28)43-33)42-34(40)36-27-16-21(12-15-26(27)22-9-5-4-6-10-22)8-7-11-31(39)35-24-14-13-23(20-38)30(17-24)41-3;/h4-6,9-10,12-17,20,25,28-29,32-33H,7-8,11,18-19H2,1-3H3,(H-,35,36,38,39,40);1H/t25?,28-,29+,32-,33+;. The molecule has 5 atom stereocenters. The number of hydrogen-bond acceptors (Lipinski definition) is 6. The van der Waals surface area contributed by atoms with E-state index in [4.69, 9.17) is 14.2 Å². The van der Waals surface area contributed by atoms with E-state index in [1.807, 2.05) is 48.5 Å². The second-order valence-electron chi connectivity index (χ2n) is 12.2. The second kappa shape index (κ2) is 13.3. The van der Waals surface area contributed by atoms with Crippen LogP contribution in [0.3, 0.4) is 0 Å². The molecule has 44 heavy (non-hydrogen) atoms. The quantitative estimate of drug-likeness (QED) is 0.145. The van der Waals surface area contributed by atoms with Crippen molar-refractivity contribution in [3.63, 3.8) is 0 Å². The number of nitrogens with zero attached hydrogens (tertiary/aromatic N) is 1. The van der Waals surface area contributed by atoms with Gasteiger partial charge in [-0.25, -0.2) is 4.79 Å². The molecule has 3 fully saturated rings. The minimum Gasteiger partial charge on any atom is -1.00 e. The zero-order chi connectivity index (χ0) is 30.1. The Morgan fingerprint density at radius 1 is 0.977 bits per heavy atom. The Balaban J connectivity index is 0.00000384. The number of amides is 2. The van der Waals surface area contributed by atoms with Crippen LogP contribution in [0, 0.1) is 0 Å². The van der Waals surface area contributed by atoms with Crippen LogP contribution in [-0.4, -0.2) is 74.4 Å².